The van der Waals surface area contributed by atoms with Crippen LogP contribution in [0.4, 0.5) is 5.69 Å². The summed E-state index contributed by atoms with van der Waals surface area (Å²) in [6.07, 6.45) is 1.11. The lowest BCUT2D eigenvalue weighted by Gasteiger charge is -2.34. The van der Waals surface area contributed by atoms with Gasteiger partial charge in [0.25, 0.3) is 0 Å². The Hall–Kier alpha value is -2.49. The van der Waals surface area contributed by atoms with Gasteiger partial charge in [0.1, 0.15) is 12.6 Å². The van der Waals surface area contributed by atoms with E-state index < -0.39 is 34.4 Å². The van der Waals surface area contributed by atoms with Crippen molar-refractivity contribution in [2.45, 2.75) is 38.9 Å². The molecule has 0 saturated carbocycles. The molecule has 0 saturated heterocycles. The second kappa shape index (κ2) is 13.9. The molecular formula is C28H29Cl4N3O4S. The zero-order valence-corrected chi connectivity index (χ0v) is 25.9. The average molecular weight is 645 g/mol. The van der Waals surface area contributed by atoms with Crippen molar-refractivity contribution < 1.29 is 18.0 Å². The number of nitrogens with zero attached hydrogens (tertiary/aromatic N) is 2. The molecule has 3 aromatic rings. The van der Waals surface area contributed by atoms with E-state index in [2.05, 4.69) is 5.32 Å². The molecule has 2 amide bonds. The predicted octanol–water partition coefficient (Wildman–Crippen LogP) is 6.23. The summed E-state index contributed by atoms with van der Waals surface area (Å²) in [5.74, 6) is -1.08. The molecule has 3 aromatic carbocycles. The summed E-state index contributed by atoms with van der Waals surface area (Å²) in [5.41, 5.74) is 1.25. The molecule has 0 fully saturated rings. The van der Waals surface area contributed by atoms with Crippen LogP contribution in [-0.2, 0) is 32.6 Å². The molecule has 0 heterocycles. The van der Waals surface area contributed by atoms with Crippen molar-refractivity contribution in [3.63, 3.8) is 0 Å². The van der Waals surface area contributed by atoms with E-state index in [1.54, 1.807) is 32.0 Å². The fourth-order valence-corrected chi connectivity index (χ4v) is 5.87. The Kier molecular flexibility index (Phi) is 11.1. The van der Waals surface area contributed by atoms with Gasteiger partial charge in [0.15, 0.2) is 0 Å². The van der Waals surface area contributed by atoms with Crippen molar-refractivity contribution in [2.75, 3.05) is 17.1 Å². The van der Waals surface area contributed by atoms with Gasteiger partial charge in [-0.3, -0.25) is 13.9 Å². The van der Waals surface area contributed by atoms with Crippen molar-refractivity contribution in [1.29, 1.82) is 0 Å². The van der Waals surface area contributed by atoms with Gasteiger partial charge in [-0.1, -0.05) is 82.8 Å². The summed E-state index contributed by atoms with van der Waals surface area (Å²) in [6.45, 7) is 2.81. The fourth-order valence-electron chi connectivity index (χ4n) is 4.06. The number of carbonyl (C=O) groups excluding carboxylic acids is 2. The van der Waals surface area contributed by atoms with Crippen LogP contribution in [0.5, 0.6) is 0 Å². The highest BCUT2D eigenvalue weighted by Crippen LogP contribution is 2.32. The van der Waals surface area contributed by atoms with E-state index >= 15 is 0 Å². The largest absolute Gasteiger partial charge is 0.352 e. The molecule has 214 valence electrons. The summed E-state index contributed by atoms with van der Waals surface area (Å²) in [6, 6.07) is 17.2. The van der Waals surface area contributed by atoms with E-state index in [0.717, 1.165) is 16.1 Å². The summed E-state index contributed by atoms with van der Waals surface area (Å²) in [7, 11) is -4.01. The lowest BCUT2D eigenvalue weighted by molar-refractivity contribution is -0.140. The Morgan fingerprint density at radius 2 is 1.50 bits per heavy atom. The molecule has 0 aliphatic heterocycles. The standard InChI is InChI=1S/C28H29Cl4N3O4S/c1-18(2)33-28(37)26(14-19-8-5-4-6-9-19)34(16-21-22(30)10-7-11-23(21)31)27(36)17-35(40(3,38)39)25-15-20(29)12-13-24(25)32/h4-13,15,18,26H,14,16-17H2,1-3H3,(H,33,37). The maximum Gasteiger partial charge on any atom is 0.244 e. The third kappa shape index (κ3) is 8.51. The minimum atomic E-state index is -4.01. The zero-order chi connectivity index (χ0) is 29.6. The Labute approximate surface area is 255 Å². The molecule has 0 aliphatic carbocycles. The smallest absolute Gasteiger partial charge is 0.244 e. The minimum absolute atomic E-state index is 0.0342. The van der Waals surface area contributed by atoms with Crippen LogP contribution in [0.25, 0.3) is 0 Å². The van der Waals surface area contributed by atoms with Crippen LogP contribution < -0.4 is 9.62 Å². The van der Waals surface area contributed by atoms with Gasteiger partial charge < -0.3 is 10.2 Å². The summed E-state index contributed by atoms with van der Waals surface area (Å²) in [5, 5.41) is 3.79. The summed E-state index contributed by atoms with van der Waals surface area (Å²) in [4.78, 5) is 29.0. The lowest BCUT2D eigenvalue weighted by Crippen LogP contribution is -2.54. The summed E-state index contributed by atoms with van der Waals surface area (Å²) < 4.78 is 26.7. The van der Waals surface area contributed by atoms with E-state index in [1.165, 1.54) is 23.1 Å². The van der Waals surface area contributed by atoms with Crippen LogP contribution in [0.3, 0.4) is 0 Å². The quantitative estimate of drug-likeness (QED) is 0.268. The van der Waals surface area contributed by atoms with Crippen LogP contribution in [0.2, 0.25) is 20.1 Å². The van der Waals surface area contributed by atoms with Gasteiger partial charge in [-0.25, -0.2) is 8.42 Å². The van der Waals surface area contributed by atoms with E-state index in [9.17, 15) is 18.0 Å². The molecule has 0 radical (unpaired) electrons. The van der Waals surface area contributed by atoms with E-state index in [4.69, 9.17) is 46.4 Å². The number of rotatable bonds is 11. The fraction of sp³-hybridized carbons (Fsp3) is 0.286. The Balaban J connectivity index is 2.13. The van der Waals surface area contributed by atoms with Gasteiger partial charge in [0, 0.05) is 39.6 Å². The Morgan fingerprint density at radius 3 is 2.08 bits per heavy atom. The topological polar surface area (TPSA) is 86.8 Å². The zero-order valence-electron chi connectivity index (χ0n) is 22.1. The molecule has 0 bridgehead atoms. The second-order valence-corrected chi connectivity index (χ2v) is 13.0. The summed E-state index contributed by atoms with van der Waals surface area (Å²) >= 11 is 25.4. The van der Waals surface area contributed by atoms with Crippen molar-refractivity contribution in [3.8, 4) is 0 Å². The predicted molar refractivity (Wildman–Crippen MR) is 163 cm³/mol. The van der Waals surface area contributed by atoms with Gasteiger partial charge >= 0.3 is 0 Å². The number of benzene rings is 3. The van der Waals surface area contributed by atoms with Gasteiger partial charge in [-0.05, 0) is 49.7 Å². The molecule has 1 unspecified atom stereocenters. The Bertz CT molecular complexity index is 1450. The second-order valence-electron chi connectivity index (χ2n) is 9.46. The van der Waals surface area contributed by atoms with Gasteiger partial charge in [-0.2, -0.15) is 0 Å². The normalized spacial score (nSPS) is 12.2. The highest BCUT2D eigenvalue weighted by Gasteiger charge is 2.34. The molecule has 3 rings (SSSR count). The molecule has 1 N–H and O–H groups in total. The first-order valence-electron chi connectivity index (χ1n) is 12.3. The number of amides is 2. The minimum Gasteiger partial charge on any atom is -0.352 e. The molecule has 1 atom stereocenters. The van der Waals surface area contributed by atoms with Crippen molar-refractivity contribution in [3.05, 3.63) is 97.9 Å². The number of sulfonamides is 1. The van der Waals surface area contributed by atoms with Crippen molar-refractivity contribution >= 4 is 73.9 Å². The number of nitrogens with one attached hydrogen (secondary N) is 1. The van der Waals surface area contributed by atoms with Gasteiger partial charge in [0.2, 0.25) is 21.8 Å². The van der Waals surface area contributed by atoms with Crippen molar-refractivity contribution in [1.82, 2.24) is 10.2 Å². The van der Waals surface area contributed by atoms with Gasteiger partial charge in [0.05, 0.1) is 17.0 Å². The Morgan fingerprint density at radius 1 is 0.875 bits per heavy atom. The first-order chi connectivity index (χ1) is 18.8. The number of anilines is 1. The molecule has 0 aliphatic rings. The molecule has 0 aromatic heterocycles. The van der Waals surface area contributed by atoms with E-state index in [1.807, 2.05) is 30.3 Å². The SMILES string of the molecule is CC(C)NC(=O)C(Cc1ccccc1)N(Cc1c(Cl)cccc1Cl)C(=O)CN(c1cc(Cl)ccc1Cl)S(C)(=O)=O. The maximum absolute atomic E-state index is 14.1. The third-order valence-corrected chi connectivity index (χ3v) is 8.34. The molecule has 12 heteroatoms. The monoisotopic (exact) mass is 643 g/mol. The lowest BCUT2D eigenvalue weighted by atomic mass is 10.0. The van der Waals surface area contributed by atoms with Crippen molar-refractivity contribution in [2.24, 2.45) is 0 Å². The molecule has 40 heavy (non-hydrogen) atoms. The number of halogens is 4. The molecular weight excluding hydrogens is 616 g/mol. The first-order valence-corrected chi connectivity index (χ1v) is 15.6. The van der Waals surface area contributed by atoms with Crippen LogP contribution in [0.1, 0.15) is 25.0 Å². The van der Waals surface area contributed by atoms with Crippen LogP contribution in [-0.4, -0.2) is 50.0 Å². The maximum atomic E-state index is 14.1. The van der Waals surface area contributed by atoms with Gasteiger partial charge in [-0.15, -0.1) is 0 Å². The average Bonchev–Trinajstić information content (AvgIpc) is 2.87. The van der Waals surface area contributed by atoms with Crippen LogP contribution in [0, 0.1) is 0 Å². The van der Waals surface area contributed by atoms with Crippen LogP contribution >= 0.6 is 46.4 Å². The number of hydrogen-bond acceptors (Lipinski definition) is 4. The number of carbonyl (C=O) groups is 2. The number of hydrogen-bond donors (Lipinski definition) is 1. The first kappa shape index (κ1) is 32.0. The molecule has 7 nitrogen and oxygen atoms in total. The highest BCUT2D eigenvalue weighted by atomic mass is 35.5. The molecule has 0 spiro atoms. The highest BCUT2D eigenvalue weighted by molar-refractivity contribution is 7.92. The van der Waals surface area contributed by atoms with E-state index in [0.29, 0.717) is 15.6 Å². The van der Waals surface area contributed by atoms with E-state index in [-0.39, 0.29) is 34.7 Å². The third-order valence-electron chi connectivity index (χ3n) is 5.95. The van der Waals surface area contributed by atoms with Crippen LogP contribution in [0.15, 0.2) is 66.7 Å².